The van der Waals surface area contributed by atoms with Crippen LogP contribution in [-0.2, 0) is 4.74 Å². The van der Waals surface area contributed by atoms with Gasteiger partial charge in [-0.05, 0) is 53.7 Å². The third-order valence-electron chi connectivity index (χ3n) is 3.37. The van der Waals surface area contributed by atoms with Crippen LogP contribution in [0.5, 0.6) is 0 Å². The van der Waals surface area contributed by atoms with Crippen LogP contribution in [0.3, 0.4) is 0 Å². The summed E-state index contributed by atoms with van der Waals surface area (Å²) in [6.45, 7) is 2.95. The summed E-state index contributed by atoms with van der Waals surface area (Å²) in [5, 5.41) is 8.71. The van der Waals surface area contributed by atoms with E-state index in [1.807, 2.05) is 0 Å². The normalized spacial score (nSPS) is 20.9. The summed E-state index contributed by atoms with van der Waals surface area (Å²) in [7, 11) is 0. The van der Waals surface area contributed by atoms with Crippen LogP contribution in [-0.4, -0.2) is 16.8 Å². The molecule has 1 aromatic carbocycles. The predicted octanol–water partition coefficient (Wildman–Crippen LogP) is 3.88. The number of H-pyrrole nitrogens is 1. The van der Waals surface area contributed by atoms with E-state index in [2.05, 4.69) is 45.2 Å². The van der Waals surface area contributed by atoms with Crippen LogP contribution in [0, 0.1) is 6.92 Å². The Bertz CT molecular complexity index is 544. The highest BCUT2D eigenvalue weighted by Gasteiger charge is 2.22. The topological polar surface area (TPSA) is 37.9 Å². The third-order valence-corrected chi connectivity index (χ3v) is 4.39. The molecule has 0 bridgehead atoms. The molecule has 3 nitrogen and oxygen atoms in total. The van der Waals surface area contributed by atoms with Gasteiger partial charge in [0.2, 0.25) is 0 Å². The first-order chi connectivity index (χ1) is 8.27. The van der Waals surface area contributed by atoms with E-state index in [1.54, 1.807) is 0 Å². The van der Waals surface area contributed by atoms with Crippen molar-refractivity contribution >= 4 is 26.8 Å². The Morgan fingerprint density at radius 2 is 2.29 bits per heavy atom. The van der Waals surface area contributed by atoms with Gasteiger partial charge in [0.1, 0.15) is 6.10 Å². The number of nitrogens with one attached hydrogen (secondary N) is 1. The maximum Gasteiger partial charge on any atom is 0.102 e. The van der Waals surface area contributed by atoms with Crippen molar-refractivity contribution in [2.75, 3.05) is 6.61 Å². The van der Waals surface area contributed by atoms with Crippen molar-refractivity contribution in [2.24, 2.45) is 0 Å². The van der Waals surface area contributed by atoms with E-state index in [0.29, 0.717) is 0 Å². The van der Waals surface area contributed by atoms with Crippen molar-refractivity contribution in [1.82, 2.24) is 10.2 Å². The maximum atomic E-state index is 5.82. The number of aryl methyl sites for hydroxylation is 1. The Morgan fingerprint density at radius 1 is 1.41 bits per heavy atom. The first-order valence-corrected chi connectivity index (χ1v) is 6.81. The van der Waals surface area contributed by atoms with E-state index in [-0.39, 0.29) is 6.10 Å². The number of aromatic amines is 1. The summed E-state index contributed by atoms with van der Waals surface area (Å²) in [6.07, 6.45) is 3.61. The molecule has 1 saturated heterocycles. The van der Waals surface area contributed by atoms with Gasteiger partial charge >= 0.3 is 0 Å². The number of hydrogen-bond donors (Lipinski definition) is 1. The van der Waals surface area contributed by atoms with Gasteiger partial charge in [0, 0.05) is 16.5 Å². The summed E-state index contributed by atoms with van der Waals surface area (Å²) in [4.78, 5) is 0. The average molecular weight is 295 g/mol. The fourth-order valence-corrected chi connectivity index (χ4v) is 2.94. The van der Waals surface area contributed by atoms with Gasteiger partial charge < -0.3 is 4.74 Å². The zero-order valence-corrected chi connectivity index (χ0v) is 11.4. The zero-order chi connectivity index (χ0) is 11.8. The Morgan fingerprint density at radius 3 is 3.06 bits per heavy atom. The number of ether oxygens (including phenoxy) is 1. The lowest BCUT2D eigenvalue weighted by Gasteiger charge is -2.21. The van der Waals surface area contributed by atoms with Crippen molar-refractivity contribution in [3.63, 3.8) is 0 Å². The van der Waals surface area contributed by atoms with Crippen LogP contribution in [0.2, 0.25) is 0 Å². The second kappa shape index (κ2) is 4.42. The molecule has 2 aromatic rings. The van der Waals surface area contributed by atoms with Gasteiger partial charge in [0.15, 0.2) is 0 Å². The van der Waals surface area contributed by atoms with Gasteiger partial charge in [-0.1, -0.05) is 6.07 Å². The minimum absolute atomic E-state index is 0.149. The first-order valence-electron chi connectivity index (χ1n) is 6.02. The molecule has 1 fully saturated rings. The van der Waals surface area contributed by atoms with Gasteiger partial charge in [-0.25, -0.2) is 0 Å². The Kier molecular flexibility index (Phi) is 2.92. The van der Waals surface area contributed by atoms with E-state index in [9.17, 15) is 0 Å². The van der Waals surface area contributed by atoms with E-state index in [0.717, 1.165) is 28.7 Å². The number of fused-ring (bicyclic) bond motifs is 1. The van der Waals surface area contributed by atoms with Gasteiger partial charge in [0.05, 0.1) is 11.2 Å². The lowest BCUT2D eigenvalue weighted by atomic mass is 10.0. The first kappa shape index (κ1) is 11.2. The molecule has 3 rings (SSSR count). The Hall–Kier alpha value is -0.870. The molecule has 1 N–H and O–H groups in total. The minimum Gasteiger partial charge on any atom is -0.372 e. The summed E-state index contributed by atoms with van der Waals surface area (Å²) in [5.41, 5.74) is 3.36. The van der Waals surface area contributed by atoms with Gasteiger partial charge in [0.25, 0.3) is 0 Å². The molecule has 0 spiro atoms. The predicted molar refractivity (Wildman–Crippen MR) is 71.1 cm³/mol. The van der Waals surface area contributed by atoms with E-state index in [4.69, 9.17) is 4.74 Å². The molecule has 1 unspecified atom stereocenters. The lowest BCUT2D eigenvalue weighted by Crippen LogP contribution is -2.12. The lowest BCUT2D eigenvalue weighted by molar-refractivity contribution is 0.0131. The zero-order valence-electron chi connectivity index (χ0n) is 9.79. The SMILES string of the molecule is Cc1ccc2[nH]nc(C3CCCCO3)c2c1Br. The van der Waals surface area contributed by atoms with E-state index < -0.39 is 0 Å². The summed E-state index contributed by atoms with van der Waals surface area (Å²) in [5.74, 6) is 0. The third kappa shape index (κ3) is 1.89. The van der Waals surface area contributed by atoms with Crippen LogP contribution >= 0.6 is 15.9 Å². The highest BCUT2D eigenvalue weighted by atomic mass is 79.9. The molecule has 0 aliphatic carbocycles. The fraction of sp³-hybridized carbons (Fsp3) is 0.462. The summed E-state index contributed by atoms with van der Waals surface area (Å²) < 4.78 is 6.95. The highest BCUT2D eigenvalue weighted by Crippen LogP contribution is 2.36. The van der Waals surface area contributed by atoms with Crippen molar-refractivity contribution < 1.29 is 4.74 Å². The number of rotatable bonds is 1. The minimum atomic E-state index is 0.149. The van der Waals surface area contributed by atoms with Crippen molar-refractivity contribution in [2.45, 2.75) is 32.3 Å². The highest BCUT2D eigenvalue weighted by molar-refractivity contribution is 9.10. The molecule has 0 saturated carbocycles. The second-order valence-corrected chi connectivity index (χ2v) is 5.38. The number of nitrogens with zero attached hydrogens (tertiary/aromatic N) is 1. The number of halogens is 1. The summed E-state index contributed by atoms with van der Waals surface area (Å²) in [6, 6.07) is 4.17. The van der Waals surface area contributed by atoms with Crippen LogP contribution in [0.25, 0.3) is 10.9 Å². The van der Waals surface area contributed by atoms with E-state index in [1.165, 1.54) is 23.8 Å². The van der Waals surface area contributed by atoms with Crippen LogP contribution < -0.4 is 0 Å². The van der Waals surface area contributed by atoms with Crippen molar-refractivity contribution in [1.29, 1.82) is 0 Å². The van der Waals surface area contributed by atoms with Gasteiger partial charge in [-0.15, -0.1) is 0 Å². The van der Waals surface area contributed by atoms with Crippen LogP contribution in [0.4, 0.5) is 0 Å². The second-order valence-electron chi connectivity index (χ2n) is 4.58. The molecule has 1 aliphatic rings. The maximum absolute atomic E-state index is 5.82. The molecule has 4 heteroatoms. The van der Waals surface area contributed by atoms with Crippen LogP contribution in [0.15, 0.2) is 16.6 Å². The van der Waals surface area contributed by atoms with Crippen LogP contribution in [0.1, 0.15) is 36.6 Å². The fourth-order valence-electron chi connectivity index (χ4n) is 2.39. The quantitative estimate of drug-likeness (QED) is 0.867. The molecule has 1 atom stereocenters. The smallest absolute Gasteiger partial charge is 0.102 e. The molecular weight excluding hydrogens is 280 g/mol. The Balaban J connectivity index is 2.12. The molecule has 2 heterocycles. The molecule has 90 valence electrons. The van der Waals surface area contributed by atoms with Crippen molar-refractivity contribution in [3.05, 3.63) is 27.9 Å². The largest absolute Gasteiger partial charge is 0.372 e. The number of aromatic nitrogens is 2. The summed E-state index contributed by atoms with van der Waals surface area (Å²) >= 11 is 3.66. The molecular formula is C13H15BrN2O. The van der Waals surface area contributed by atoms with E-state index >= 15 is 0 Å². The van der Waals surface area contributed by atoms with Gasteiger partial charge in [-0.2, -0.15) is 5.10 Å². The van der Waals surface area contributed by atoms with Gasteiger partial charge in [-0.3, -0.25) is 5.10 Å². The number of hydrogen-bond acceptors (Lipinski definition) is 2. The molecule has 1 aliphatic heterocycles. The molecule has 0 amide bonds. The molecule has 0 radical (unpaired) electrons. The monoisotopic (exact) mass is 294 g/mol. The van der Waals surface area contributed by atoms with Crippen molar-refractivity contribution in [3.8, 4) is 0 Å². The molecule has 17 heavy (non-hydrogen) atoms. The standard InChI is InChI=1S/C13H15BrN2O/c1-8-5-6-9-11(12(8)14)13(16-15-9)10-4-2-3-7-17-10/h5-6,10H,2-4,7H2,1H3,(H,15,16). The molecule has 1 aromatic heterocycles. The Labute approximate surface area is 109 Å². The number of benzene rings is 1. The average Bonchev–Trinajstić information content (AvgIpc) is 2.79.